The van der Waals surface area contributed by atoms with E-state index in [4.69, 9.17) is 14.6 Å². The molecule has 1 saturated carbocycles. The van der Waals surface area contributed by atoms with Gasteiger partial charge in [-0.2, -0.15) is 0 Å². The summed E-state index contributed by atoms with van der Waals surface area (Å²) in [5, 5.41) is 38.1. The van der Waals surface area contributed by atoms with Gasteiger partial charge in [0.25, 0.3) is 0 Å². The Morgan fingerprint density at radius 3 is 2.22 bits per heavy atom. The minimum absolute atomic E-state index is 0.0141. The minimum Gasteiger partial charge on any atom is -0.394 e. The Labute approximate surface area is 106 Å². The maximum Gasteiger partial charge on any atom is 0.186 e. The topological polar surface area (TPSA) is 99.4 Å². The first-order chi connectivity index (χ1) is 8.63. The average Bonchev–Trinajstić information content (AvgIpc) is 2.40. The van der Waals surface area contributed by atoms with Crippen molar-refractivity contribution in [3.63, 3.8) is 0 Å². The van der Waals surface area contributed by atoms with Gasteiger partial charge in [0, 0.05) is 0 Å². The van der Waals surface area contributed by atoms with Gasteiger partial charge < -0.3 is 29.9 Å². The van der Waals surface area contributed by atoms with Gasteiger partial charge in [-0.15, -0.1) is 0 Å². The molecule has 4 N–H and O–H groups in total. The molecule has 1 heterocycles. The zero-order valence-corrected chi connectivity index (χ0v) is 10.3. The van der Waals surface area contributed by atoms with Crippen molar-refractivity contribution in [3.05, 3.63) is 0 Å². The van der Waals surface area contributed by atoms with Crippen molar-refractivity contribution in [2.75, 3.05) is 6.61 Å². The van der Waals surface area contributed by atoms with Crippen molar-refractivity contribution in [1.82, 2.24) is 0 Å². The van der Waals surface area contributed by atoms with Gasteiger partial charge in [0.2, 0.25) is 0 Å². The summed E-state index contributed by atoms with van der Waals surface area (Å²) in [6.45, 7) is -0.421. The normalized spacial score (nSPS) is 43.0. The first kappa shape index (κ1) is 14.2. The Balaban J connectivity index is 1.93. The summed E-state index contributed by atoms with van der Waals surface area (Å²) in [7, 11) is 0. The molecule has 106 valence electrons. The monoisotopic (exact) mass is 262 g/mol. The molecule has 0 amide bonds. The van der Waals surface area contributed by atoms with Crippen LogP contribution in [0.2, 0.25) is 0 Å². The molecular weight excluding hydrogens is 240 g/mol. The van der Waals surface area contributed by atoms with Crippen molar-refractivity contribution < 1.29 is 29.9 Å². The van der Waals surface area contributed by atoms with Crippen molar-refractivity contribution in [1.29, 1.82) is 0 Å². The fourth-order valence-electron chi connectivity index (χ4n) is 2.57. The molecule has 0 aromatic rings. The van der Waals surface area contributed by atoms with E-state index in [1.54, 1.807) is 0 Å². The van der Waals surface area contributed by atoms with E-state index >= 15 is 0 Å². The molecule has 0 aromatic heterocycles. The van der Waals surface area contributed by atoms with Gasteiger partial charge >= 0.3 is 0 Å². The second kappa shape index (κ2) is 6.27. The Bertz CT molecular complexity index is 253. The van der Waals surface area contributed by atoms with E-state index in [9.17, 15) is 15.3 Å². The fourth-order valence-corrected chi connectivity index (χ4v) is 2.57. The Hall–Kier alpha value is -0.240. The lowest BCUT2D eigenvalue weighted by Crippen LogP contribution is -2.59. The molecule has 0 aromatic carbocycles. The molecule has 3 unspecified atom stereocenters. The van der Waals surface area contributed by atoms with Crippen LogP contribution in [0.3, 0.4) is 0 Å². The molecule has 5 atom stereocenters. The SMILES string of the molecule is OCC1OC(OC2CCCCC2)[C@@H](O)[C@@H](O)C1O. The number of rotatable bonds is 3. The van der Waals surface area contributed by atoms with Crippen LogP contribution >= 0.6 is 0 Å². The van der Waals surface area contributed by atoms with Crippen molar-refractivity contribution in [2.24, 2.45) is 0 Å². The standard InChI is InChI=1S/C12H22O6/c13-6-8-9(14)10(15)11(16)12(18-8)17-7-4-2-1-3-5-7/h7-16H,1-6H2/t8?,9?,10-,11-,12?/m0/s1. The molecule has 0 bridgehead atoms. The van der Waals surface area contributed by atoms with Crippen LogP contribution in [0.5, 0.6) is 0 Å². The zero-order chi connectivity index (χ0) is 13.1. The third-order valence-corrected chi connectivity index (χ3v) is 3.73. The van der Waals surface area contributed by atoms with E-state index in [2.05, 4.69) is 0 Å². The molecule has 2 fully saturated rings. The van der Waals surface area contributed by atoms with Gasteiger partial charge in [-0.05, 0) is 12.8 Å². The third kappa shape index (κ3) is 3.01. The maximum absolute atomic E-state index is 9.81. The highest BCUT2D eigenvalue weighted by Gasteiger charge is 2.44. The zero-order valence-electron chi connectivity index (χ0n) is 10.3. The Morgan fingerprint density at radius 2 is 1.61 bits per heavy atom. The second-order valence-corrected chi connectivity index (χ2v) is 5.09. The van der Waals surface area contributed by atoms with Crippen molar-refractivity contribution in [3.8, 4) is 0 Å². The number of aliphatic hydroxyl groups excluding tert-OH is 4. The van der Waals surface area contributed by atoms with Gasteiger partial charge in [0.1, 0.15) is 24.4 Å². The highest BCUT2D eigenvalue weighted by molar-refractivity contribution is 4.89. The van der Waals surface area contributed by atoms with Crippen LogP contribution in [-0.4, -0.2) is 63.8 Å². The van der Waals surface area contributed by atoms with Crippen LogP contribution in [0.15, 0.2) is 0 Å². The van der Waals surface area contributed by atoms with Crippen LogP contribution in [0, 0.1) is 0 Å². The van der Waals surface area contributed by atoms with Crippen LogP contribution in [-0.2, 0) is 9.47 Å². The molecule has 2 rings (SSSR count). The first-order valence-electron chi connectivity index (χ1n) is 6.59. The molecule has 0 radical (unpaired) electrons. The number of hydrogen-bond acceptors (Lipinski definition) is 6. The molecule has 1 aliphatic heterocycles. The molecule has 6 heteroatoms. The second-order valence-electron chi connectivity index (χ2n) is 5.09. The van der Waals surface area contributed by atoms with Gasteiger partial charge in [-0.25, -0.2) is 0 Å². The van der Waals surface area contributed by atoms with Crippen LogP contribution in [0.1, 0.15) is 32.1 Å². The summed E-state index contributed by atoms with van der Waals surface area (Å²) in [6.07, 6.45) is -0.644. The van der Waals surface area contributed by atoms with E-state index in [-0.39, 0.29) is 6.10 Å². The highest BCUT2D eigenvalue weighted by atomic mass is 16.7. The molecule has 1 aliphatic carbocycles. The van der Waals surface area contributed by atoms with Gasteiger partial charge in [0.05, 0.1) is 12.7 Å². The first-order valence-corrected chi connectivity index (χ1v) is 6.59. The quantitative estimate of drug-likeness (QED) is 0.528. The summed E-state index contributed by atoms with van der Waals surface area (Å²) < 4.78 is 10.9. The predicted molar refractivity (Wildman–Crippen MR) is 61.7 cm³/mol. The molecule has 18 heavy (non-hydrogen) atoms. The van der Waals surface area contributed by atoms with Crippen LogP contribution < -0.4 is 0 Å². The summed E-state index contributed by atoms with van der Waals surface area (Å²) >= 11 is 0. The lowest BCUT2D eigenvalue weighted by molar-refractivity contribution is -0.312. The predicted octanol–water partition coefficient (Wildman–Crippen LogP) is -0.864. The summed E-state index contributed by atoms with van der Waals surface area (Å²) in [6, 6.07) is 0. The molecular formula is C12H22O6. The Morgan fingerprint density at radius 1 is 0.944 bits per heavy atom. The fraction of sp³-hybridized carbons (Fsp3) is 1.00. The van der Waals surface area contributed by atoms with E-state index in [1.165, 1.54) is 6.42 Å². The van der Waals surface area contributed by atoms with Crippen molar-refractivity contribution in [2.45, 2.75) is 68.9 Å². The highest BCUT2D eigenvalue weighted by Crippen LogP contribution is 2.27. The van der Waals surface area contributed by atoms with E-state index < -0.39 is 37.3 Å². The molecule has 2 aliphatic rings. The third-order valence-electron chi connectivity index (χ3n) is 3.73. The van der Waals surface area contributed by atoms with Gasteiger partial charge in [-0.1, -0.05) is 19.3 Å². The van der Waals surface area contributed by atoms with E-state index in [0.29, 0.717) is 0 Å². The lowest BCUT2D eigenvalue weighted by atomic mass is 9.96. The summed E-state index contributed by atoms with van der Waals surface area (Å²) in [4.78, 5) is 0. The summed E-state index contributed by atoms with van der Waals surface area (Å²) in [5.41, 5.74) is 0. The number of hydrogen-bond donors (Lipinski definition) is 4. The van der Waals surface area contributed by atoms with Gasteiger partial charge in [0.15, 0.2) is 6.29 Å². The minimum atomic E-state index is -1.36. The Kier molecular flexibility index (Phi) is 4.94. The van der Waals surface area contributed by atoms with Crippen molar-refractivity contribution >= 4 is 0 Å². The largest absolute Gasteiger partial charge is 0.394 e. The van der Waals surface area contributed by atoms with Gasteiger partial charge in [-0.3, -0.25) is 0 Å². The average molecular weight is 262 g/mol. The lowest BCUT2D eigenvalue weighted by Gasteiger charge is -2.41. The smallest absolute Gasteiger partial charge is 0.186 e. The van der Waals surface area contributed by atoms with E-state index in [0.717, 1.165) is 25.7 Å². The number of aliphatic hydroxyl groups is 4. The molecule has 6 nitrogen and oxygen atoms in total. The number of ether oxygens (including phenoxy) is 2. The van der Waals surface area contributed by atoms with E-state index in [1.807, 2.05) is 0 Å². The molecule has 0 spiro atoms. The maximum atomic E-state index is 9.81. The summed E-state index contributed by atoms with van der Waals surface area (Å²) in [5.74, 6) is 0. The van der Waals surface area contributed by atoms with Crippen LogP contribution in [0.25, 0.3) is 0 Å². The van der Waals surface area contributed by atoms with Crippen LogP contribution in [0.4, 0.5) is 0 Å². The molecule has 1 saturated heterocycles.